The SMILES string of the molecule is C#CCN(CC(=O)O)C(=O)NCCS(=O)(=O)NCC. The van der Waals surface area contributed by atoms with Crippen LogP contribution in [-0.2, 0) is 14.8 Å². The van der Waals surface area contributed by atoms with Gasteiger partial charge in [0.05, 0.1) is 12.3 Å². The van der Waals surface area contributed by atoms with Crippen molar-refractivity contribution in [3.05, 3.63) is 0 Å². The summed E-state index contributed by atoms with van der Waals surface area (Å²) >= 11 is 0. The van der Waals surface area contributed by atoms with Gasteiger partial charge in [-0.1, -0.05) is 12.8 Å². The summed E-state index contributed by atoms with van der Waals surface area (Å²) in [5, 5.41) is 10.9. The first-order valence-electron chi connectivity index (χ1n) is 5.47. The van der Waals surface area contributed by atoms with Crippen molar-refractivity contribution in [3.63, 3.8) is 0 Å². The molecule has 0 radical (unpaired) electrons. The monoisotopic (exact) mass is 291 g/mol. The highest BCUT2D eigenvalue weighted by Crippen LogP contribution is 1.90. The predicted molar refractivity (Wildman–Crippen MR) is 68.9 cm³/mol. The molecule has 0 aliphatic carbocycles. The van der Waals surface area contributed by atoms with Crippen LogP contribution in [0.5, 0.6) is 0 Å². The fourth-order valence-electron chi connectivity index (χ4n) is 1.17. The van der Waals surface area contributed by atoms with Gasteiger partial charge in [0.2, 0.25) is 10.0 Å². The average molecular weight is 291 g/mol. The van der Waals surface area contributed by atoms with E-state index < -0.39 is 28.6 Å². The highest BCUT2D eigenvalue weighted by molar-refractivity contribution is 7.89. The van der Waals surface area contributed by atoms with Crippen LogP contribution in [0, 0.1) is 12.3 Å². The number of sulfonamides is 1. The number of carbonyl (C=O) groups is 2. The van der Waals surface area contributed by atoms with Crippen molar-refractivity contribution in [3.8, 4) is 12.3 Å². The molecule has 8 nitrogen and oxygen atoms in total. The number of terminal acetylenes is 1. The molecule has 0 heterocycles. The zero-order chi connectivity index (χ0) is 14.9. The van der Waals surface area contributed by atoms with Crippen LogP contribution in [0.1, 0.15) is 6.92 Å². The molecule has 0 rings (SSSR count). The van der Waals surface area contributed by atoms with E-state index in [0.717, 1.165) is 4.90 Å². The van der Waals surface area contributed by atoms with Gasteiger partial charge in [0.15, 0.2) is 0 Å². The van der Waals surface area contributed by atoms with Gasteiger partial charge in [0.1, 0.15) is 6.54 Å². The van der Waals surface area contributed by atoms with Crippen molar-refractivity contribution >= 4 is 22.0 Å². The van der Waals surface area contributed by atoms with Gasteiger partial charge in [0.25, 0.3) is 0 Å². The van der Waals surface area contributed by atoms with Gasteiger partial charge in [-0.05, 0) is 0 Å². The summed E-state index contributed by atoms with van der Waals surface area (Å²) in [6.45, 7) is 1.05. The minimum Gasteiger partial charge on any atom is -0.480 e. The molecule has 0 saturated carbocycles. The summed E-state index contributed by atoms with van der Waals surface area (Å²) in [6.07, 6.45) is 5.01. The lowest BCUT2D eigenvalue weighted by atomic mass is 10.5. The zero-order valence-electron chi connectivity index (χ0n) is 10.5. The number of rotatable bonds is 8. The van der Waals surface area contributed by atoms with Crippen LogP contribution < -0.4 is 10.0 Å². The number of amides is 2. The largest absolute Gasteiger partial charge is 0.480 e. The van der Waals surface area contributed by atoms with E-state index in [0.29, 0.717) is 0 Å². The molecule has 0 aliphatic heterocycles. The summed E-state index contributed by atoms with van der Waals surface area (Å²) in [6, 6.07) is -0.716. The number of nitrogens with one attached hydrogen (secondary N) is 2. The molecular formula is C10H17N3O5S. The highest BCUT2D eigenvalue weighted by atomic mass is 32.2. The second-order valence-electron chi connectivity index (χ2n) is 3.50. The first kappa shape index (κ1) is 17.2. The zero-order valence-corrected chi connectivity index (χ0v) is 11.4. The molecule has 0 aliphatic rings. The topological polar surface area (TPSA) is 116 Å². The molecule has 0 spiro atoms. The molecule has 2 amide bonds. The van der Waals surface area contributed by atoms with Crippen molar-refractivity contribution in [2.45, 2.75) is 6.92 Å². The van der Waals surface area contributed by atoms with E-state index in [2.05, 4.69) is 16.0 Å². The van der Waals surface area contributed by atoms with Gasteiger partial charge in [-0.25, -0.2) is 17.9 Å². The molecule has 108 valence electrons. The van der Waals surface area contributed by atoms with Crippen molar-refractivity contribution in [2.24, 2.45) is 0 Å². The van der Waals surface area contributed by atoms with Crippen LogP contribution in [0.2, 0.25) is 0 Å². The molecule has 9 heteroatoms. The van der Waals surface area contributed by atoms with Crippen LogP contribution in [0.15, 0.2) is 0 Å². The Morgan fingerprint density at radius 3 is 2.53 bits per heavy atom. The fourth-order valence-corrected chi connectivity index (χ4v) is 2.12. The Morgan fingerprint density at radius 2 is 2.05 bits per heavy atom. The van der Waals surface area contributed by atoms with Crippen LogP contribution in [0.4, 0.5) is 4.79 Å². The number of hydrogen-bond donors (Lipinski definition) is 3. The van der Waals surface area contributed by atoms with Gasteiger partial charge in [-0.15, -0.1) is 6.42 Å². The molecule has 0 saturated heterocycles. The van der Waals surface area contributed by atoms with E-state index in [-0.39, 0.29) is 25.4 Å². The molecule has 19 heavy (non-hydrogen) atoms. The highest BCUT2D eigenvalue weighted by Gasteiger charge is 2.16. The van der Waals surface area contributed by atoms with E-state index in [9.17, 15) is 18.0 Å². The maximum atomic E-state index is 11.6. The molecule has 0 aromatic carbocycles. The molecular weight excluding hydrogens is 274 g/mol. The van der Waals surface area contributed by atoms with Crippen molar-refractivity contribution in [1.82, 2.24) is 14.9 Å². The third kappa shape index (κ3) is 8.01. The van der Waals surface area contributed by atoms with Gasteiger partial charge in [0, 0.05) is 13.1 Å². The number of carboxylic acids is 1. The Kier molecular flexibility index (Phi) is 7.55. The van der Waals surface area contributed by atoms with Crippen molar-refractivity contribution < 1.29 is 23.1 Å². The summed E-state index contributed by atoms with van der Waals surface area (Å²) in [4.78, 5) is 23.0. The minimum absolute atomic E-state index is 0.130. The van der Waals surface area contributed by atoms with E-state index in [1.54, 1.807) is 6.92 Å². The lowest BCUT2D eigenvalue weighted by Crippen LogP contribution is -2.45. The third-order valence-electron chi connectivity index (χ3n) is 1.91. The minimum atomic E-state index is -3.43. The second-order valence-corrected chi connectivity index (χ2v) is 5.43. The summed E-state index contributed by atoms with van der Waals surface area (Å²) in [5.41, 5.74) is 0. The fraction of sp³-hybridized carbons (Fsp3) is 0.600. The Balaban J connectivity index is 4.28. The lowest BCUT2D eigenvalue weighted by molar-refractivity contribution is -0.137. The van der Waals surface area contributed by atoms with Crippen LogP contribution >= 0.6 is 0 Å². The van der Waals surface area contributed by atoms with Gasteiger partial charge in [-0.2, -0.15) is 0 Å². The van der Waals surface area contributed by atoms with E-state index in [1.165, 1.54) is 0 Å². The number of aliphatic carboxylic acids is 1. The van der Waals surface area contributed by atoms with E-state index >= 15 is 0 Å². The second kappa shape index (κ2) is 8.34. The maximum absolute atomic E-state index is 11.6. The van der Waals surface area contributed by atoms with Crippen LogP contribution in [0.3, 0.4) is 0 Å². The number of nitrogens with zero attached hydrogens (tertiary/aromatic N) is 1. The Hall–Kier alpha value is -1.79. The molecule has 0 atom stereocenters. The van der Waals surface area contributed by atoms with Gasteiger partial charge < -0.3 is 15.3 Å². The molecule has 3 N–H and O–H groups in total. The van der Waals surface area contributed by atoms with Gasteiger partial charge >= 0.3 is 12.0 Å². The smallest absolute Gasteiger partial charge is 0.323 e. The number of urea groups is 1. The standard InChI is InChI=1S/C10H17N3O5S/c1-3-6-13(8-9(14)15)10(16)11-5-7-19(17,18)12-4-2/h1,12H,4-8H2,2H3,(H,11,16)(H,14,15). The summed E-state index contributed by atoms with van der Waals surface area (Å²) < 4.78 is 24.8. The van der Waals surface area contributed by atoms with Crippen LogP contribution in [0.25, 0.3) is 0 Å². The molecule has 0 bridgehead atoms. The van der Waals surface area contributed by atoms with E-state index in [4.69, 9.17) is 11.5 Å². The normalized spacial score (nSPS) is 10.5. The van der Waals surface area contributed by atoms with E-state index in [1.807, 2.05) is 0 Å². The summed E-state index contributed by atoms with van der Waals surface area (Å²) in [7, 11) is -3.43. The summed E-state index contributed by atoms with van der Waals surface area (Å²) in [5.74, 6) is 0.661. The van der Waals surface area contributed by atoms with Crippen molar-refractivity contribution in [1.29, 1.82) is 0 Å². The Morgan fingerprint density at radius 1 is 1.42 bits per heavy atom. The molecule has 0 fully saturated rings. The molecule has 0 aromatic heterocycles. The molecule has 0 aromatic rings. The van der Waals surface area contributed by atoms with Crippen LogP contribution in [-0.4, -0.2) is 62.4 Å². The Labute approximate surface area is 112 Å². The number of carbonyl (C=O) groups excluding carboxylic acids is 1. The average Bonchev–Trinajstić information content (AvgIpc) is 2.27. The predicted octanol–water partition coefficient (Wildman–Crippen LogP) is -1.34. The lowest BCUT2D eigenvalue weighted by Gasteiger charge is -2.18. The third-order valence-corrected chi connectivity index (χ3v) is 3.38. The number of carboxylic acid groups (broad SMARTS) is 1. The first-order valence-corrected chi connectivity index (χ1v) is 7.13. The van der Waals surface area contributed by atoms with Gasteiger partial charge in [-0.3, -0.25) is 4.79 Å². The number of hydrogen-bond acceptors (Lipinski definition) is 4. The Bertz CT molecular complexity index is 454. The maximum Gasteiger partial charge on any atom is 0.323 e. The van der Waals surface area contributed by atoms with Crippen molar-refractivity contribution in [2.75, 3.05) is 31.9 Å². The quantitative estimate of drug-likeness (QED) is 0.478. The first-order chi connectivity index (χ1) is 8.82. The molecule has 0 unspecified atom stereocenters.